The number of hydrogen-bond donors (Lipinski definition) is 4. The Morgan fingerprint density at radius 3 is 2.64 bits per heavy atom. The third-order valence-electron chi connectivity index (χ3n) is 1.53. The van der Waals surface area contributed by atoms with Crippen LogP contribution in [0, 0.1) is 0 Å². The number of aliphatic hydroxyl groups is 1. The van der Waals surface area contributed by atoms with Crippen molar-refractivity contribution in [1.29, 1.82) is 0 Å². The summed E-state index contributed by atoms with van der Waals surface area (Å²) in [6, 6.07) is 0. The number of primary amides is 1. The zero-order chi connectivity index (χ0) is 11.0. The Balaban J connectivity index is 3.48. The van der Waals surface area contributed by atoms with E-state index in [0.717, 1.165) is 13.0 Å². The molecule has 0 aromatic heterocycles. The van der Waals surface area contributed by atoms with Gasteiger partial charge in [0.2, 0.25) is 11.8 Å². The van der Waals surface area contributed by atoms with Crippen LogP contribution >= 0.6 is 0 Å². The standard InChI is InChI=1S/C8H17N3O3/c1-2-3-10-5-7(13)11-4-6(12)8(9)14/h6,10,12H,2-5H2,1H3,(H2,9,14)(H,11,13). The zero-order valence-electron chi connectivity index (χ0n) is 8.25. The van der Waals surface area contributed by atoms with Crippen LogP contribution in [0.15, 0.2) is 0 Å². The van der Waals surface area contributed by atoms with Crippen molar-refractivity contribution in [3.63, 3.8) is 0 Å². The predicted octanol–water partition coefficient (Wildman–Crippen LogP) is -2.05. The monoisotopic (exact) mass is 203 g/mol. The van der Waals surface area contributed by atoms with E-state index >= 15 is 0 Å². The summed E-state index contributed by atoms with van der Waals surface area (Å²) in [4.78, 5) is 21.4. The van der Waals surface area contributed by atoms with E-state index in [2.05, 4.69) is 10.6 Å². The van der Waals surface area contributed by atoms with E-state index in [0.29, 0.717) is 0 Å². The lowest BCUT2D eigenvalue weighted by Crippen LogP contribution is -2.42. The highest BCUT2D eigenvalue weighted by atomic mass is 16.3. The van der Waals surface area contributed by atoms with Gasteiger partial charge in [0.25, 0.3) is 0 Å². The van der Waals surface area contributed by atoms with Crippen LogP contribution in [0.3, 0.4) is 0 Å². The van der Waals surface area contributed by atoms with Crippen molar-refractivity contribution < 1.29 is 14.7 Å². The molecule has 0 fully saturated rings. The van der Waals surface area contributed by atoms with Gasteiger partial charge in [-0.2, -0.15) is 0 Å². The molecule has 82 valence electrons. The van der Waals surface area contributed by atoms with Crippen molar-refractivity contribution in [2.75, 3.05) is 19.6 Å². The van der Waals surface area contributed by atoms with Gasteiger partial charge in [-0.05, 0) is 13.0 Å². The van der Waals surface area contributed by atoms with Gasteiger partial charge in [-0.25, -0.2) is 0 Å². The maximum absolute atomic E-state index is 11.0. The molecule has 6 nitrogen and oxygen atoms in total. The molecule has 0 spiro atoms. The largest absolute Gasteiger partial charge is 0.381 e. The van der Waals surface area contributed by atoms with Gasteiger partial charge in [0.05, 0.1) is 13.1 Å². The van der Waals surface area contributed by atoms with E-state index in [-0.39, 0.29) is 19.0 Å². The molecule has 14 heavy (non-hydrogen) atoms. The molecule has 1 atom stereocenters. The van der Waals surface area contributed by atoms with Gasteiger partial charge in [-0.3, -0.25) is 9.59 Å². The van der Waals surface area contributed by atoms with Gasteiger partial charge in [-0.1, -0.05) is 6.92 Å². The summed E-state index contributed by atoms with van der Waals surface area (Å²) in [5.74, 6) is -1.11. The molecule has 5 N–H and O–H groups in total. The molecule has 0 aromatic carbocycles. The van der Waals surface area contributed by atoms with Gasteiger partial charge >= 0.3 is 0 Å². The topological polar surface area (TPSA) is 104 Å². The van der Waals surface area contributed by atoms with Gasteiger partial charge in [0.15, 0.2) is 0 Å². The minimum atomic E-state index is -1.31. The van der Waals surface area contributed by atoms with Crippen molar-refractivity contribution in [2.24, 2.45) is 5.73 Å². The Hall–Kier alpha value is -1.14. The quantitative estimate of drug-likeness (QED) is 0.357. The molecule has 0 saturated carbocycles. The fourth-order valence-corrected chi connectivity index (χ4v) is 0.752. The molecular weight excluding hydrogens is 186 g/mol. The average molecular weight is 203 g/mol. The van der Waals surface area contributed by atoms with E-state index in [4.69, 9.17) is 10.8 Å². The van der Waals surface area contributed by atoms with E-state index in [1.54, 1.807) is 0 Å². The highest BCUT2D eigenvalue weighted by Gasteiger charge is 2.11. The molecule has 0 saturated heterocycles. The number of aliphatic hydroxyl groups excluding tert-OH is 1. The number of nitrogens with two attached hydrogens (primary N) is 1. The fraction of sp³-hybridized carbons (Fsp3) is 0.750. The number of amides is 2. The molecule has 1 unspecified atom stereocenters. The molecule has 0 rings (SSSR count). The maximum Gasteiger partial charge on any atom is 0.248 e. The first-order valence-corrected chi connectivity index (χ1v) is 4.52. The summed E-state index contributed by atoms with van der Waals surface area (Å²) in [7, 11) is 0. The van der Waals surface area contributed by atoms with Crippen molar-refractivity contribution in [3.05, 3.63) is 0 Å². The lowest BCUT2D eigenvalue weighted by molar-refractivity contribution is -0.126. The minimum Gasteiger partial charge on any atom is -0.381 e. The lowest BCUT2D eigenvalue weighted by Gasteiger charge is -2.08. The molecular formula is C8H17N3O3. The second-order valence-electron chi connectivity index (χ2n) is 2.90. The summed E-state index contributed by atoms with van der Waals surface area (Å²) in [6.07, 6.45) is -0.373. The SMILES string of the molecule is CCCNCC(=O)NCC(O)C(N)=O. The normalized spacial score (nSPS) is 12.1. The highest BCUT2D eigenvalue weighted by Crippen LogP contribution is 1.77. The first-order valence-electron chi connectivity index (χ1n) is 4.52. The van der Waals surface area contributed by atoms with Crippen molar-refractivity contribution in [2.45, 2.75) is 19.4 Å². The van der Waals surface area contributed by atoms with Crippen molar-refractivity contribution in [3.8, 4) is 0 Å². The Bertz CT molecular complexity index is 196. The first kappa shape index (κ1) is 12.9. The molecule has 0 heterocycles. The van der Waals surface area contributed by atoms with Crippen molar-refractivity contribution in [1.82, 2.24) is 10.6 Å². The van der Waals surface area contributed by atoms with Crippen LogP contribution in [-0.4, -0.2) is 42.7 Å². The molecule has 2 amide bonds. The average Bonchev–Trinajstić information content (AvgIpc) is 2.14. The Morgan fingerprint density at radius 1 is 1.50 bits per heavy atom. The van der Waals surface area contributed by atoms with E-state index in [1.807, 2.05) is 6.92 Å². The summed E-state index contributed by atoms with van der Waals surface area (Å²) < 4.78 is 0. The minimum absolute atomic E-state index is 0.137. The molecule has 0 bridgehead atoms. The third-order valence-corrected chi connectivity index (χ3v) is 1.53. The van der Waals surface area contributed by atoms with E-state index < -0.39 is 12.0 Å². The molecule has 0 aliphatic rings. The van der Waals surface area contributed by atoms with Crippen LogP contribution in [0.2, 0.25) is 0 Å². The summed E-state index contributed by atoms with van der Waals surface area (Å²) >= 11 is 0. The van der Waals surface area contributed by atoms with Gasteiger partial charge in [0.1, 0.15) is 6.10 Å². The second kappa shape index (κ2) is 7.28. The maximum atomic E-state index is 11.0. The number of carbonyl (C=O) groups is 2. The number of hydrogen-bond acceptors (Lipinski definition) is 4. The number of rotatable bonds is 7. The molecule has 0 aliphatic carbocycles. The molecule has 0 aromatic rings. The predicted molar refractivity (Wildman–Crippen MR) is 51.4 cm³/mol. The Morgan fingerprint density at radius 2 is 2.14 bits per heavy atom. The third kappa shape index (κ3) is 6.38. The van der Waals surface area contributed by atoms with E-state index in [1.165, 1.54) is 0 Å². The highest BCUT2D eigenvalue weighted by molar-refractivity contribution is 5.81. The smallest absolute Gasteiger partial charge is 0.248 e. The summed E-state index contributed by atoms with van der Waals surface area (Å²) in [5, 5.41) is 14.2. The second-order valence-corrected chi connectivity index (χ2v) is 2.90. The lowest BCUT2D eigenvalue weighted by atomic mass is 10.3. The van der Waals surface area contributed by atoms with Crippen LogP contribution in [0.1, 0.15) is 13.3 Å². The van der Waals surface area contributed by atoms with Crippen molar-refractivity contribution >= 4 is 11.8 Å². The fourth-order valence-electron chi connectivity index (χ4n) is 0.752. The van der Waals surface area contributed by atoms with E-state index in [9.17, 15) is 9.59 Å². The zero-order valence-corrected chi connectivity index (χ0v) is 8.25. The van der Waals surface area contributed by atoms with Crippen LogP contribution < -0.4 is 16.4 Å². The van der Waals surface area contributed by atoms with Crippen LogP contribution in [0.5, 0.6) is 0 Å². The van der Waals surface area contributed by atoms with Crippen LogP contribution in [0.25, 0.3) is 0 Å². The Kier molecular flexibility index (Phi) is 6.69. The van der Waals surface area contributed by atoms with Crippen LogP contribution in [-0.2, 0) is 9.59 Å². The van der Waals surface area contributed by atoms with Gasteiger partial charge in [-0.15, -0.1) is 0 Å². The molecule has 0 radical (unpaired) electrons. The Labute approximate surface area is 82.9 Å². The van der Waals surface area contributed by atoms with Crippen LogP contribution in [0.4, 0.5) is 0 Å². The van der Waals surface area contributed by atoms with Gasteiger partial charge < -0.3 is 21.5 Å². The number of carbonyl (C=O) groups excluding carboxylic acids is 2. The summed E-state index contributed by atoms with van der Waals surface area (Å²) in [6.45, 7) is 2.79. The number of nitrogens with one attached hydrogen (secondary N) is 2. The molecule has 0 aliphatic heterocycles. The van der Waals surface area contributed by atoms with Gasteiger partial charge in [0, 0.05) is 0 Å². The summed E-state index contributed by atoms with van der Waals surface area (Å²) in [5.41, 5.74) is 4.79. The molecule has 6 heteroatoms. The first-order chi connectivity index (χ1) is 6.57.